The lowest BCUT2D eigenvalue weighted by Crippen LogP contribution is -2.10. The summed E-state index contributed by atoms with van der Waals surface area (Å²) in [5, 5.41) is 6.67. The Morgan fingerprint density at radius 2 is 1.52 bits per heavy atom. The van der Waals surface area contributed by atoms with Gasteiger partial charge in [-0.25, -0.2) is 4.98 Å². The van der Waals surface area contributed by atoms with Gasteiger partial charge in [0.25, 0.3) is 0 Å². The third kappa shape index (κ3) is 4.07. The molecule has 1 aromatic heterocycles. The lowest BCUT2D eigenvalue weighted by atomic mass is 10.1. The zero-order chi connectivity index (χ0) is 16.1. The van der Waals surface area contributed by atoms with Crippen molar-refractivity contribution < 1.29 is 0 Å². The van der Waals surface area contributed by atoms with Crippen LogP contribution in [0.1, 0.15) is 24.2 Å². The molecule has 0 spiro atoms. The fourth-order valence-corrected chi connectivity index (χ4v) is 2.39. The van der Waals surface area contributed by atoms with Gasteiger partial charge in [0.15, 0.2) is 0 Å². The van der Waals surface area contributed by atoms with E-state index in [1.54, 1.807) is 0 Å². The molecule has 2 N–H and O–H groups in total. The van der Waals surface area contributed by atoms with Gasteiger partial charge in [-0.05, 0) is 31.5 Å². The summed E-state index contributed by atoms with van der Waals surface area (Å²) >= 11 is 0. The molecule has 0 amide bonds. The second-order valence-corrected chi connectivity index (χ2v) is 5.49. The third-order valence-electron chi connectivity index (χ3n) is 3.55. The first-order chi connectivity index (χ1) is 11.2. The molecule has 0 radical (unpaired) electrons. The van der Waals surface area contributed by atoms with Gasteiger partial charge in [-0.15, -0.1) is 0 Å². The second kappa shape index (κ2) is 6.92. The average Bonchev–Trinajstić information content (AvgIpc) is 2.56. The van der Waals surface area contributed by atoms with Crippen LogP contribution in [0, 0.1) is 6.92 Å². The summed E-state index contributed by atoms with van der Waals surface area (Å²) in [6.45, 7) is 4.07. The summed E-state index contributed by atoms with van der Waals surface area (Å²) in [4.78, 5) is 9.04. The number of rotatable bonds is 5. The maximum atomic E-state index is 4.56. The number of hydrogen-bond acceptors (Lipinski definition) is 4. The number of nitrogens with one attached hydrogen (secondary N) is 2. The molecule has 1 atom stereocenters. The SMILES string of the molecule is Cc1cc(Nc2ccccc2)nc(NC(C)c2ccccc2)n1. The van der Waals surface area contributed by atoms with Crippen molar-refractivity contribution in [1.29, 1.82) is 0 Å². The first-order valence-corrected chi connectivity index (χ1v) is 7.70. The first kappa shape index (κ1) is 15.0. The van der Waals surface area contributed by atoms with E-state index in [0.29, 0.717) is 5.95 Å². The van der Waals surface area contributed by atoms with Crippen LogP contribution in [-0.4, -0.2) is 9.97 Å². The van der Waals surface area contributed by atoms with Crippen LogP contribution in [0.3, 0.4) is 0 Å². The maximum absolute atomic E-state index is 4.56. The van der Waals surface area contributed by atoms with E-state index >= 15 is 0 Å². The van der Waals surface area contributed by atoms with Crippen molar-refractivity contribution in [3.63, 3.8) is 0 Å². The van der Waals surface area contributed by atoms with Crippen LogP contribution in [-0.2, 0) is 0 Å². The number of anilines is 3. The molecule has 0 fully saturated rings. The molecule has 116 valence electrons. The van der Waals surface area contributed by atoms with Gasteiger partial charge in [0.2, 0.25) is 5.95 Å². The highest BCUT2D eigenvalue weighted by Gasteiger charge is 2.08. The highest BCUT2D eigenvalue weighted by molar-refractivity contribution is 5.57. The van der Waals surface area contributed by atoms with Gasteiger partial charge >= 0.3 is 0 Å². The molecule has 3 rings (SSSR count). The van der Waals surface area contributed by atoms with E-state index in [2.05, 4.69) is 39.7 Å². The van der Waals surface area contributed by atoms with Gasteiger partial charge in [0.1, 0.15) is 5.82 Å². The van der Waals surface area contributed by atoms with Crippen molar-refractivity contribution in [1.82, 2.24) is 9.97 Å². The Morgan fingerprint density at radius 3 is 2.22 bits per heavy atom. The Hall–Kier alpha value is -2.88. The summed E-state index contributed by atoms with van der Waals surface area (Å²) in [5.74, 6) is 1.41. The molecule has 0 bridgehead atoms. The molecule has 0 aliphatic carbocycles. The average molecular weight is 304 g/mol. The summed E-state index contributed by atoms with van der Waals surface area (Å²) in [6, 6.07) is 22.3. The van der Waals surface area contributed by atoms with E-state index in [9.17, 15) is 0 Å². The van der Waals surface area contributed by atoms with E-state index in [4.69, 9.17) is 0 Å². The quantitative estimate of drug-likeness (QED) is 0.717. The number of benzene rings is 2. The first-order valence-electron chi connectivity index (χ1n) is 7.70. The monoisotopic (exact) mass is 304 g/mol. The standard InChI is InChI=1S/C19H20N4/c1-14-13-18(22-17-11-7-4-8-12-17)23-19(20-14)21-15(2)16-9-5-3-6-10-16/h3-13,15H,1-2H3,(H2,20,21,22,23). The molecule has 0 aliphatic heterocycles. The van der Waals surface area contributed by atoms with E-state index in [1.165, 1.54) is 5.56 Å². The Morgan fingerprint density at radius 1 is 0.870 bits per heavy atom. The fraction of sp³-hybridized carbons (Fsp3) is 0.158. The molecular weight excluding hydrogens is 284 g/mol. The fourth-order valence-electron chi connectivity index (χ4n) is 2.39. The van der Waals surface area contributed by atoms with Crippen molar-refractivity contribution in [3.8, 4) is 0 Å². The number of hydrogen-bond donors (Lipinski definition) is 2. The molecule has 3 aromatic rings. The zero-order valence-electron chi connectivity index (χ0n) is 13.3. The van der Waals surface area contributed by atoms with Gasteiger partial charge in [0, 0.05) is 17.4 Å². The molecule has 0 aliphatic rings. The summed E-state index contributed by atoms with van der Waals surface area (Å²) in [6.07, 6.45) is 0. The van der Waals surface area contributed by atoms with Crippen molar-refractivity contribution in [2.45, 2.75) is 19.9 Å². The lowest BCUT2D eigenvalue weighted by Gasteiger charge is -2.15. The largest absolute Gasteiger partial charge is 0.348 e. The van der Waals surface area contributed by atoms with E-state index in [-0.39, 0.29) is 6.04 Å². The van der Waals surface area contributed by atoms with Gasteiger partial charge < -0.3 is 10.6 Å². The smallest absolute Gasteiger partial charge is 0.225 e. The zero-order valence-corrected chi connectivity index (χ0v) is 13.3. The van der Waals surface area contributed by atoms with Crippen molar-refractivity contribution in [3.05, 3.63) is 78.0 Å². The Bertz CT molecular complexity index is 757. The van der Waals surface area contributed by atoms with Crippen LogP contribution in [0.4, 0.5) is 17.5 Å². The Kier molecular flexibility index (Phi) is 4.52. The van der Waals surface area contributed by atoms with Crippen molar-refractivity contribution in [2.75, 3.05) is 10.6 Å². The second-order valence-electron chi connectivity index (χ2n) is 5.49. The van der Waals surface area contributed by atoms with Crippen LogP contribution in [0.25, 0.3) is 0 Å². The molecule has 23 heavy (non-hydrogen) atoms. The minimum absolute atomic E-state index is 0.141. The van der Waals surface area contributed by atoms with Crippen molar-refractivity contribution >= 4 is 17.5 Å². The molecular formula is C19H20N4. The number of aryl methyl sites for hydroxylation is 1. The summed E-state index contributed by atoms with van der Waals surface area (Å²) in [5.41, 5.74) is 3.13. The van der Waals surface area contributed by atoms with E-state index in [1.807, 2.05) is 61.5 Å². The minimum atomic E-state index is 0.141. The number of aromatic nitrogens is 2. The van der Waals surface area contributed by atoms with Crippen LogP contribution in [0.5, 0.6) is 0 Å². The molecule has 0 saturated carbocycles. The molecule has 0 saturated heterocycles. The Balaban J connectivity index is 1.78. The lowest BCUT2D eigenvalue weighted by molar-refractivity contribution is 0.858. The van der Waals surface area contributed by atoms with Crippen LogP contribution in [0.2, 0.25) is 0 Å². The highest BCUT2D eigenvalue weighted by atomic mass is 15.2. The maximum Gasteiger partial charge on any atom is 0.225 e. The number of para-hydroxylation sites is 1. The van der Waals surface area contributed by atoms with Gasteiger partial charge in [0.05, 0.1) is 6.04 Å². The van der Waals surface area contributed by atoms with Crippen molar-refractivity contribution in [2.24, 2.45) is 0 Å². The number of nitrogens with zero attached hydrogens (tertiary/aromatic N) is 2. The van der Waals surface area contributed by atoms with E-state index < -0.39 is 0 Å². The molecule has 1 heterocycles. The topological polar surface area (TPSA) is 49.8 Å². The predicted octanol–water partition coefficient (Wildman–Crippen LogP) is 4.70. The summed E-state index contributed by atoms with van der Waals surface area (Å²) < 4.78 is 0. The molecule has 1 unspecified atom stereocenters. The molecule has 4 nitrogen and oxygen atoms in total. The Labute approximate surface area is 136 Å². The van der Waals surface area contributed by atoms with Gasteiger partial charge in [-0.1, -0.05) is 48.5 Å². The van der Waals surface area contributed by atoms with Gasteiger partial charge in [-0.3, -0.25) is 0 Å². The predicted molar refractivity (Wildman–Crippen MR) is 95.0 cm³/mol. The highest BCUT2D eigenvalue weighted by Crippen LogP contribution is 2.20. The molecule has 4 heteroatoms. The van der Waals surface area contributed by atoms with Gasteiger partial charge in [-0.2, -0.15) is 4.98 Å². The van der Waals surface area contributed by atoms with Crippen LogP contribution < -0.4 is 10.6 Å². The van der Waals surface area contributed by atoms with Crippen LogP contribution in [0.15, 0.2) is 66.7 Å². The molecule has 2 aromatic carbocycles. The van der Waals surface area contributed by atoms with Crippen LogP contribution >= 0.6 is 0 Å². The van der Waals surface area contributed by atoms with E-state index in [0.717, 1.165) is 17.2 Å². The third-order valence-corrected chi connectivity index (χ3v) is 3.55. The minimum Gasteiger partial charge on any atom is -0.348 e. The summed E-state index contributed by atoms with van der Waals surface area (Å²) in [7, 11) is 0. The normalized spacial score (nSPS) is 11.7.